The molecule has 5 atom stereocenters. The first-order valence-corrected chi connectivity index (χ1v) is 6.72. The Hall–Kier alpha value is -0.630. The minimum atomic E-state index is -0.204. The molecule has 0 saturated heterocycles. The number of carbonyl (C=O) groups is 1. The van der Waals surface area contributed by atoms with Gasteiger partial charge in [0.15, 0.2) is 5.78 Å². The zero-order valence-electron chi connectivity index (χ0n) is 11.4. The van der Waals surface area contributed by atoms with E-state index in [1.54, 1.807) is 6.08 Å². The van der Waals surface area contributed by atoms with Gasteiger partial charge in [-0.05, 0) is 55.9 Å². The van der Waals surface area contributed by atoms with E-state index in [-0.39, 0.29) is 23.2 Å². The Morgan fingerprint density at radius 3 is 2.53 bits per heavy atom. The van der Waals surface area contributed by atoms with E-state index < -0.39 is 0 Å². The van der Waals surface area contributed by atoms with Crippen molar-refractivity contribution in [2.24, 2.45) is 23.2 Å². The standard InChI is InChI=1S/C15H24O2/c1-9(2)5-13(16)8-15-7-12(10(15)3)6-14(17)11(15)4/h5,10-12,14,17H,6-8H2,1-4H3/t10-,11-,12+,14+,15+/m1/s1. The first-order valence-electron chi connectivity index (χ1n) is 6.72. The summed E-state index contributed by atoms with van der Waals surface area (Å²) in [5, 5.41) is 10.0. The van der Waals surface area contributed by atoms with Crippen LogP contribution in [0.2, 0.25) is 0 Å². The van der Waals surface area contributed by atoms with Crippen LogP contribution in [0.1, 0.15) is 47.0 Å². The Morgan fingerprint density at radius 1 is 1.35 bits per heavy atom. The summed E-state index contributed by atoms with van der Waals surface area (Å²) in [4.78, 5) is 12.0. The van der Waals surface area contributed by atoms with Crippen molar-refractivity contribution >= 4 is 5.78 Å². The highest BCUT2D eigenvalue weighted by atomic mass is 16.3. The lowest BCUT2D eigenvalue weighted by Gasteiger charge is -2.63. The minimum absolute atomic E-state index is 0.0748. The molecule has 0 radical (unpaired) electrons. The van der Waals surface area contributed by atoms with Crippen molar-refractivity contribution in [3.63, 3.8) is 0 Å². The fraction of sp³-hybridized carbons (Fsp3) is 0.800. The molecule has 0 aromatic rings. The summed E-state index contributed by atoms with van der Waals surface area (Å²) in [6, 6.07) is 0. The Kier molecular flexibility index (Phi) is 3.19. The van der Waals surface area contributed by atoms with Crippen molar-refractivity contribution in [1.29, 1.82) is 0 Å². The number of hydrogen-bond donors (Lipinski definition) is 1. The predicted molar refractivity (Wildman–Crippen MR) is 68.5 cm³/mol. The summed E-state index contributed by atoms with van der Waals surface area (Å²) < 4.78 is 0. The summed E-state index contributed by atoms with van der Waals surface area (Å²) in [7, 11) is 0. The number of rotatable bonds is 3. The van der Waals surface area contributed by atoms with Crippen LogP contribution in [0.3, 0.4) is 0 Å². The molecule has 3 rings (SSSR count). The second kappa shape index (κ2) is 4.24. The molecule has 17 heavy (non-hydrogen) atoms. The second-order valence-electron chi connectivity index (χ2n) is 6.44. The highest BCUT2D eigenvalue weighted by Crippen LogP contribution is 2.64. The molecule has 0 spiro atoms. The van der Waals surface area contributed by atoms with Crippen molar-refractivity contribution in [2.75, 3.05) is 0 Å². The second-order valence-corrected chi connectivity index (χ2v) is 6.44. The fourth-order valence-corrected chi connectivity index (χ4v) is 4.04. The van der Waals surface area contributed by atoms with Crippen LogP contribution in [0.15, 0.2) is 11.6 Å². The molecule has 2 heteroatoms. The molecule has 0 aliphatic heterocycles. The van der Waals surface area contributed by atoms with E-state index in [1.165, 1.54) is 0 Å². The Balaban J connectivity index is 2.13. The lowest BCUT2D eigenvalue weighted by Crippen LogP contribution is -2.60. The quantitative estimate of drug-likeness (QED) is 0.765. The summed E-state index contributed by atoms with van der Waals surface area (Å²) >= 11 is 0. The number of ketones is 1. The van der Waals surface area contributed by atoms with E-state index in [4.69, 9.17) is 0 Å². The van der Waals surface area contributed by atoms with Crippen LogP contribution in [-0.4, -0.2) is 17.0 Å². The van der Waals surface area contributed by atoms with Gasteiger partial charge < -0.3 is 5.11 Å². The maximum absolute atomic E-state index is 12.0. The molecule has 0 amide bonds. The van der Waals surface area contributed by atoms with Crippen LogP contribution in [0.4, 0.5) is 0 Å². The van der Waals surface area contributed by atoms with E-state index >= 15 is 0 Å². The van der Waals surface area contributed by atoms with Gasteiger partial charge in [0.25, 0.3) is 0 Å². The van der Waals surface area contributed by atoms with Crippen molar-refractivity contribution < 1.29 is 9.90 Å². The minimum Gasteiger partial charge on any atom is -0.393 e. The fourth-order valence-electron chi connectivity index (χ4n) is 4.04. The first kappa shape index (κ1) is 12.8. The smallest absolute Gasteiger partial charge is 0.156 e. The molecule has 3 aliphatic carbocycles. The highest BCUT2D eigenvalue weighted by Gasteiger charge is 2.60. The predicted octanol–water partition coefficient (Wildman–Crippen LogP) is 2.95. The van der Waals surface area contributed by atoms with Gasteiger partial charge >= 0.3 is 0 Å². The van der Waals surface area contributed by atoms with Gasteiger partial charge in [0.2, 0.25) is 0 Å². The van der Waals surface area contributed by atoms with E-state index in [1.807, 2.05) is 13.8 Å². The number of aliphatic hydroxyl groups excluding tert-OH is 1. The summed E-state index contributed by atoms with van der Waals surface area (Å²) in [6.07, 6.45) is 4.23. The molecular formula is C15H24O2. The van der Waals surface area contributed by atoms with Gasteiger partial charge in [-0.15, -0.1) is 0 Å². The molecule has 0 aromatic carbocycles. The van der Waals surface area contributed by atoms with Gasteiger partial charge in [0.1, 0.15) is 0 Å². The molecule has 0 aromatic heterocycles. The van der Waals surface area contributed by atoms with Crippen LogP contribution >= 0.6 is 0 Å². The molecular weight excluding hydrogens is 212 g/mol. The first-order chi connectivity index (χ1) is 7.86. The zero-order valence-corrected chi connectivity index (χ0v) is 11.4. The van der Waals surface area contributed by atoms with Gasteiger partial charge in [-0.1, -0.05) is 19.4 Å². The molecule has 3 fully saturated rings. The molecule has 2 nitrogen and oxygen atoms in total. The van der Waals surface area contributed by atoms with Gasteiger partial charge in [-0.3, -0.25) is 4.79 Å². The maximum Gasteiger partial charge on any atom is 0.156 e. The monoisotopic (exact) mass is 236 g/mol. The molecule has 3 aliphatic rings. The Morgan fingerprint density at radius 2 is 2.00 bits per heavy atom. The van der Waals surface area contributed by atoms with Crippen molar-refractivity contribution in [1.82, 2.24) is 0 Å². The molecule has 0 heterocycles. The number of hydrogen-bond acceptors (Lipinski definition) is 2. The Labute approximate surface area is 104 Å². The molecule has 2 bridgehead atoms. The van der Waals surface area contributed by atoms with E-state index in [0.29, 0.717) is 18.3 Å². The topological polar surface area (TPSA) is 37.3 Å². The third kappa shape index (κ3) is 1.97. The van der Waals surface area contributed by atoms with Crippen LogP contribution in [0.5, 0.6) is 0 Å². The van der Waals surface area contributed by atoms with Crippen molar-refractivity contribution in [2.45, 2.75) is 53.1 Å². The van der Waals surface area contributed by atoms with Crippen LogP contribution in [0.25, 0.3) is 0 Å². The summed E-state index contributed by atoms with van der Waals surface area (Å²) in [5.41, 5.74) is 1.14. The summed E-state index contributed by atoms with van der Waals surface area (Å²) in [5.74, 6) is 1.73. The van der Waals surface area contributed by atoms with Gasteiger partial charge in [0.05, 0.1) is 6.10 Å². The Bertz CT molecular complexity index is 354. The number of allylic oxidation sites excluding steroid dienone is 2. The van der Waals surface area contributed by atoms with E-state index in [0.717, 1.165) is 18.4 Å². The SMILES string of the molecule is CC(C)=CC(=O)C[C@]12C[C@H](C[C@H](O)[C@H]1C)[C@H]2C. The largest absolute Gasteiger partial charge is 0.393 e. The van der Waals surface area contributed by atoms with E-state index in [9.17, 15) is 9.90 Å². The average Bonchev–Trinajstić information content (AvgIpc) is 2.22. The zero-order chi connectivity index (χ0) is 12.8. The van der Waals surface area contributed by atoms with Gasteiger partial charge in [-0.2, -0.15) is 0 Å². The van der Waals surface area contributed by atoms with Crippen molar-refractivity contribution in [3.8, 4) is 0 Å². The summed E-state index contributed by atoms with van der Waals surface area (Å²) in [6.45, 7) is 8.29. The number of aliphatic hydroxyl groups is 1. The third-order valence-electron chi connectivity index (χ3n) is 5.24. The van der Waals surface area contributed by atoms with Crippen LogP contribution in [-0.2, 0) is 4.79 Å². The normalized spacial score (nSPS) is 43.8. The molecule has 96 valence electrons. The number of fused-ring (bicyclic) bond motifs is 2. The third-order valence-corrected chi connectivity index (χ3v) is 5.24. The van der Waals surface area contributed by atoms with E-state index in [2.05, 4.69) is 13.8 Å². The lowest BCUT2D eigenvalue weighted by atomic mass is 9.42. The van der Waals surface area contributed by atoms with Crippen LogP contribution < -0.4 is 0 Å². The molecule has 1 N–H and O–H groups in total. The molecule has 0 unspecified atom stereocenters. The highest BCUT2D eigenvalue weighted by molar-refractivity contribution is 5.90. The van der Waals surface area contributed by atoms with Crippen molar-refractivity contribution in [3.05, 3.63) is 11.6 Å². The average molecular weight is 236 g/mol. The van der Waals surface area contributed by atoms with Gasteiger partial charge in [0, 0.05) is 6.42 Å². The maximum atomic E-state index is 12.0. The van der Waals surface area contributed by atoms with Gasteiger partial charge in [-0.25, -0.2) is 0 Å². The van der Waals surface area contributed by atoms with Crippen LogP contribution in [0, 0.1) is 23.2 Å². The lowest BCUT2D eigenvalue weighted by molar-refractivity contribution is -0.181. The molecule has 3 saturated carbocycles. The number of carbonyl (C=O) groups excluding carboxylic acids is 1.